The lowest BCUT2D eigenvalue weighted by Gasteiger charge is -2.37. The lowest BCUT2D eigenvalue weighted by molar-refractivity contribution is -0.0140. The minimum atomic E-state index is -0.502. The van der Waals surface area contributed by atoms with Crippen molar-refractivity contribution >= 4 is 0 Å². The Morgan fingerprint density at radius 3 is 2.75 bits per heavy atom. The van der Waals surface area contributed by atoms with Crippen molar-refractivity contribution < 1.29 is 5.11 Å². The second-order valence-electron chi connectivity index (χ2n) is 6.56. The van der Waals surface area contributed by atoms with E-state index in [9.17, 15) is 5.11 Å². The van der Waals surface area contributed by atoms with E-state index in [2.05, 4.69) is 49.5 Å². The molecule has 3 atom stereocenters. The molecule has 2 rings (SSSR count). The average Bonchev–Trinajstić information content (AvgIpc) is 2.44. The maximum Gasteiger partial charge on any atom is 0.0774 e. The summed E-state index contributed by atoms with van der Waals surface area (Å²) in [5.74, 6) is 0.650. The SMILES string of the molecule is CCCC(NCC1(O)CCCC(C)C1)c1ccccc1. The first-order chi connectivity index (χ1) is 9.63. The second kappa shape index (κ2) is 7.24. The second-order valence-corrected chi connectivity index (χ2v) is 6.56. The van der Waals surface area contributed by atoms with Crippen LogP contribution in [0.2, 0.25) is 0 Å². The van der Waals surface area contributed by atoms with Crippen LogP contribution in [0.1, 0.15) is 64.0 Å². The van der Waals surface area contributed by atoms with E-state index >= 15 is 0 Å². The Bertz CT molecular complexity index is 392. The van der Waals surface area contributed by atoms with E-state index in [1.54, 1.807) is 0 Å². The molecule has 0 bridgehead atoms. The molecule has 112 valence electrons. The third-order valence-corrected chi connectivity index (χ3v) is 4.52. The molecule has 1 aliphatic carbocycles. The van der Waals surface area contributed by atoms with Crippen LogP contribution in [0.25, 0.3) is 0 Å². The Morgan fingerprint density at radius 2 is 2.10 bits per heavy atom. The van der Waals surface area contributed by atoms with Crippen LogP contribution < -0.4 is 5.32 Å². The number of nitrogens with one attached hydrogen (secondary N) is 1. The normalized spacial score (nSPS) is 28.2. The summed E-state index contributed by atoms with van der Waals surface area (Å²) in [5, 5.41) is 14.4. The van der Waals surface area contributed by atoms with Gasteiger partial charge < -0.3 is 10.4 Å². The topological polar surface area (TPSA) is 32.3 Å². The number of hydrogen-bond donors (Lipinski definition) is 2. The molecule has 0 aliphatic heterocycles. The van der Waals surface area contributed by atoms with Crippen LogP contribution >= 0.6 is 0 Å². The molecule has 2 heteroatoms. The van der Waals surface area contributed by atoms with Crippen LogP contribution in [0.15, 0.2) is 30.3 Å². The first-order valence-corrected chi connectivity index (χ1v) is 8.14. The maximum atomic E-state index is 10.7. The van der Waals surface area contributed by atoms with Crippen LogP contribution in [-0.4, -0.2) is 17.3 Å². The molecule has 0 radical (unpaired) electrons. The van der Waals surface area contributed by atoms with E-state index in [4.69, 9.17) is 0 Å². The molecule has 3 unspecified atom stereocenters. The highest BCUT2D eigenvalue weighted by Gasteiger charge is 2.32. The van der Waals surface area contributed by atoms with E-state index in [0.29, 0.717) is 12.0 Å². The minimum Gasteiger partial charge on any atom is -0.389 e. The van der Waals surface area contributed by atoms with Gasteiger partial charge in [-0.2, -0.15) is 0 Å². The molecular weight excluding hydrogens is 246 g/mol. The maximum absolute atomic E-state index is 10.7. The first-order valence-electron chi connectivity index (χ1n) is 8.14. The van der Waals surface area contributed by atoms with Gasteiger partial charge in [-0.1, -0.05) is 63.4 Å². The number of benzene rings is 1. The molecule has 2 nitrogen and oxygen atoms in total. The molecule has 1 aliphatic rings. The van der Waals surface area contributed by atoms with Gasteiger partial charge in [0.2, 0.25) is 0 Å². The molecule has 0 saturated heterocycles. The van der Waals surface area contributed by atoms with Crippen molar-refractivity contribution in [2.24, 2.45) is 5.92 Å². The van der Waals surface area contributed by atoms with Gasteiger partial charge in [0.15, 0.2) is 0 Å². The van der Waals surface area contributed by atoms with Gasteiger partial charge in [-0.05, 0) is 30.7 Å². The summed E-state index contributed by atoms with van der Waals surface area (Å²) in [6.07, 6.45) is 6.57. The van der Waals surface area contributed by atoms with Gasteiger partial charge in [0, 0.05) is 12.6 Å². The van der Waals surface area contributed by atoms with E-state index in [0.717, 1.165) is 38.6 Å². The molecule has 0 spiro atoms. The van der Waals surface area contributed by atoms with Crippen LogP contribution in [0, 0.1) is 5.92 Å². The molecule has 1 fully saturated rings. The molecule has 0 aromatic heterocycles. The molecule has 1 aromatic rings. The summed E-state index contributed by atoms with van der Waals surface area (Å²) >= 11 is 0. The number of hydrogen-bond acceptors (Lipinski definition) is 2. The highest BCUT2D eigenvalue weighted by Crippen LogP contribution is 2.32. The van der Waals surface area contributed by atoms with Crippen molar-refractivity contribution in [3.8, 4) is 0 Å². The van der Waals surface area contributed by atoms with Crippen LogP contribution in [-0.2, 0) is 0 Å². The van der Waals surface area contributed by atoms with Crippen LogP contribution in [0.4, 0.5) is 0 Å². The van der Waals surface area contributed by atoms with Crippen molar-refractivity contribution in [1.82, 2.24) is 5.32 Å². The van der Waals surface area contributed by atoms with Crippen molar-refractivity contribution in [2.75, 3.05) is 6.54 Å². The fraction of sp³-hybridized carbons (Fsp3) is 0.667. The fourth-order valence-electron chi connectivity index (χ4n) is 3.47. The number of rotatable bonds is 6. The van der Waals surface area contributed by atoms with E-state index in [1.807, 2.05) is 0 Å². The van der Waals surface area contributed by atoms with Crippen molar-refractivity contribution in [3.63, 3.8) is 0 Å². The largest absolute Gasteiger partial charge is 0.389 e. The number of aliphatic hydroxyl groups is 1. The molecule has 0 heterocycles. The standard InChI is InChI=1S/C18H29NO/c1-3-8-17(16-10-5-4-6-11-16)19-14-18(20)12-7-9-15(2)13-18/h4-6,10-11,15,17,19-20H,3,7-9,12-14H2,1-2H3. The summed E-state index contributed by atoms with van der Waals surface area (Å²) in [5.41, 5.74) is 0.833. The monoisotopic (exact) mass is 275 g/mol. The van der Waals surface area contributed by atoms with Gasteiger partial charge in [-0.15, -0.1) is 0 Å². The first kappa shape index (κ1) is 15.5. The van der Waals surface area contributed by atoms with Crippen LogP contribution in [0.5, 0.6) is 0 Å². The van der Waals surface area contributed by atoms with E-state index in [1.165, 1.54) is 12.0 Å². The molecule has 2 N–H and O–H groups in total. The van der Waals surface area contributed by atoms with Gasteiger partial charge >= 0.3 is 0 Å². The molecule has 1 saturated carbocycles. The molecule has 0 amide bonds. The van der Waals surface area contributed by atoms with Gasteiger partial charge in [-0.25, -0.2) is 0 Å². The lowest BCUT2D eigenvalue weighted by Crippen LogP contribution is -2.45. The lowest BCUT2D eigenvalue weighted by atomic mass is 9.78. The zero-order valence-electron chi connectivity index (χ0n) is 12.9. The van der Waals surface area contributed by atoms with Crippen molar-refractivity contribution in [1.29, 1.82) is 0 Å². The zero-order chi connectivity index (χ0) is 14.4. The van der Waals surface area contributed by atoms with Gasteiger partial charge in [-0.3, -0.25) is 0 Å². The third-order valence-electron chi connectivity index (χ3n) is 4.52. The Morgan fingerprint density at radius 1 is 1.35 bits per heavy atom. The Hall–Kier alpha value is -0.860. The molecule has 20 heavy (non-hydrogen) atoms. The van der Waals surface area contributed by atoms with Gasteiger partial charge in [0.05, 0.1) is 5.60 Å². The Balaban J connectivity index is 1.95. The van der Waals surface area contributed by atoms with Crippen LogP contribution in [0.3, 0.4) is 0 Å². The Kier molecular flexibility index (Phi) is 5.62. The zero-order valence-corrected chi connectivity index (χ0v) is 12.9. The van der Waals surface area contributed by atoms with Gasteiger partial charge in [0.1, 0.15) is 0 Å². The summed E-state index contributed by atoms with van der Waals surface area (Å²) in [6, 6.07) is 11.0. The quantitative estimate of drug-likeness (QED) is 0.820. The van der Waals surface area contributed by atoms with Crippen molar-refractivity contribution in [3.05, 3.63) is 35.9 Å². The van der Waals surface area contributed by atoms with E-state index < -0.39 is 5.60 Å². The van der Waals surface area contributed by atoms with E-state index in [-0.39, 0.29) is 0 Å². The predicted molar refractivity (Wildman–Crippen MR) is 84.7 cm³/mol. The summed E-state index contributed by atoms with van der Waals surface area (Å²) < 4.78 is 0. The fourth-order valence-corrected chi connectivity index (χ4v) is 3.47. The molecular formula is C18H29NO. The Labute approximate surface area is 123 Å². The van der Waals surface area contributed by atoms with Gasteiger partial charge in [0.25, 0.3) is 0 Å². The summed E-state index contributed by atoms with van der Waals surface area (Å²) in [6.45, 7) is 5.19. The smallest absolute Gasteiger partial charge is 0.0774 e. The summed E-state index contributed by atoms with van der Waals surface area (Å²) in [4.78, 5) is 0. The summed E-state index contributed by atoms with van der Waals surface area (Å²) in [7, 11) is 0. The highest BCUT2D eigenvalue weighted by molar-refractivity contribution is 5.18. The average molecular weight is 275 g/mol. The highest BCUT2D eigenvalue weighted by atomic mass is 16.3. The molecule has 1 aromatic carbocycles. The third kappa shape index (κ3) is 4.32. The van der Waals surface area contributed by atoms with Crippen molar-refractivity contribution in [2.45, 2.75) is 64.0 Å². The minimum absolute atomic E-state index is 0.363. The predicted octanol–water partition coefficient (Wildman–Crippen LogP) is 4.06.